The maximum absolute atomic E-state index is 13.1. The van der Waals surface area contributed by atoms with E-state index in [9.17, 15) is 9.59 Å². The summed E-state index contributed by atoms with van der Waals surface area (Å²) in [6.45, 7) is 6.22. The van der Waals surface area contributed by atoms with Gasteiger partial charge in [0.05, 0.1) is 11.9 Å². The summed E-state index contributed by atoms with van der Waals surface area (Å²) in [6.07, 6.45) is 6.25. The topological polar surface area (TPSA) is 96.3 Å². The highest BCUT2D eigenvalue weighted by atomic mass is 16.2. The van der Waals surface area contributed by atoms with E-state index in [0.29, 0.717) is 31.2 Å². The summed E-state index contributed by atoms with van der Waals surface area (Å²) in [7, 11) is 1.75. The van der Waals surface area contributed by atoms with Gasteiger partial charge in [-0.1, -0.05) is 0 Å². The Morgan fingerprint density at radius 1 is 1.14 bits per heavy atom. The summed E-state index contributed by atoms with van der Waals surface area (Å²) < 4.78 is 1.68. The van der Waals surface area contributed by atoms with Crippen molar-refractivity contribution in [2.24, 2.45) is 0 Å². The maximum Gasteiger partial charge on any atom is 0.273 e. The lowest BCUT2D eigenvalue weighted by molar-refractivity contribution is -0.135. The van der Waals surface area contributed by atoms with Gasteiger partial charge in [0.15, 0.2) is 0 Å². The SMILES string of the molecule is CNc1nc2c(c(C(=O)N3CCCC3)n1)CN(C(=O)[C@@H](C)n1cc(C)cn1)CC2. The van der Waals surface area contributed by atoms with Crippen LogP contribution in [0.2, 0.25) is 0 Å². The number of fused-ring (bicyclic) bond motifs is 1. The van der Waals surface area contributed by atoms with Crippen LogP contribution in [0.3, 0.4) is 0 Å². The third-order valence-electron chi connectivity index (χ3n) is 5.68. The molecule has 9 nitrogen and oxygen atoms in total. The molecule has 2 aliphatic heterocycles. The van der Waals surface area contributed by atoms with Gasteiger partial charge in [0.25, 0.3) is 5.91 Å². The summed E-state index contributed by atoms with van der Waals surface area (Å²) in [5.74, 6) is 0.366. The molecule has 0 unspecified atom stereocenters. The highest BCUT2D eigenvalue weighted by Crippen LogP contribution is 2.25. The Balaban J connectivity index is 1.62. The number of amides is 2. The number of rotatable bonds is 4. The van der Waals surface area contributed by atoms with Crippen LogP contribution >= 0.6 is 0 Å². The monoisotopic (exact) mass is 397 g/mol. The molecule has 0 spiro atoms. The third-order valence-corrected chi connectivity index (χ3v) is 5.68. The minimum atomic E-state index is -0.402. The van der Waals surface area contributed by atoms with Gasteiger partial charge in [0.2, 0.25) is 11.9 Å². The Bertz CT molecular complexity index is 933. The van der Waals surface area contributed by atoms with Gasteiger partial charge in [-0.2, -0.15) is 5.10 Å². The van der Waals surface area contributed by atoms with E-state index in [1.54, 1.807) is 22.8 Å². The molecule has 0 saturated carbocycles. The smallest absolute Gasteiger partial charge is 0.273 e. The molecule has 0 radical (unpaired) electrons. The van der Waals surface area contributed by atoms with Gasteiger partial charge in [-0.3, -0.25) is 14.3 Å². The summed E-state index contributed by atoms with van der Waals surface area (Å²) in [4.78, 5) is 38.9. The molecule has 0 aliphatic carbocycles. The molecule has 9 heteroatoms. The first-order valence-corrected chi connectivity index (χ1v) is 10.1. The van der Waals surface area contributed by atoms with Crippen LogP contribution in [0.25, 0.3) is 0 Å². The van der Waals surface area contributed by atoms with E-state index in [1.165, 1.54) is 0 Å². The van der Waals surface area contributed by atoms with E-state index in [2.05, 4.69) is 20.4 Å². The van der Waals surface area contributed by atoms with Gasteiger partial charge in [-0.15, -0.1) is 0 Å². The van der Waals surface area contributed by atoms with Gasteiger partial charge in [0.1, 0.15) is 11.7 Å². The number of carbonyl (C=O) groups is 2. The number of nitrogens with one attached hydrogen (secondary N) is 1. The second kappa shape index (κ2) is 7.81. The molecule has 1 atom stereocenters. The highest BCUT2D eigenvalue weighted by molar-refractivity contribution is 5.94. The number of nitrogens with zero attached hydrogens (tertiary/aromatic N) is 6. The molecule has 4 heterocycles. The van der Waals surface area contributed by atoms with Crippen molar-refractivity contribution in [1.29, 1.82) is 0 Å². The quantitative estimate of drug-likeness (QED) is 0.838. The molecule has 1 saturated heterocycles. The number of anilines is 1. The standard InChI is InChI=1S/C20H27N7O2/c1-13-10-22-27(11-13)14(2)18(28)26-9-6-16-15(12-26)17(24-20(21-3)23-16)19(29)25-7-4-5-8-25/h10-11,14H,4-9,12H2,1-3H3,(H,21,23,24)/t14-/m1/s1. The van der Waals surface area contributed by atoms with Crippen LogP contribution in [-0.4, -0.2) is 68.0 Å². The Morgan fingerprint density at radius 3 is 2.55 bits per heavy atom. The zero-order valence-electron chi connectivity index (χ0n) is 17.2. The summed E-state index contributed by atoms with van der Waals surface area (Å²) in [6, 6.07) is -0.402. The Labute approximate surface area is 170 Å². The molecule has 2 aliphatic rings. The lowest BCUT2D eigenvalue weighted by Crippen LogP contribution is -2.42. The first kappa shape index (κ1) is 19.4. The fourth-order valence-electron chi connectivity index (χ4n) is 3.98. The molecule has 0 bridgehead atoms. The Hall–Kier alpha value is -2.97. The van der Waals surface area contributed by atoms with Crippen LogP contribution in [0.4, 0.5) is 5.95 Å². The molecule has 4 rings (SSSR count). The van der Waals surface area contributed by atoms with E-state index in [1.807, 2.05) is 24.9 Å². The van der Waals surface area contributed by atoms with Gasteiger partial charge in [0, 0.05) is 51.4 Å². The van der Waals surface area contributed by atoms with Gasteiger partial charge >= 0.3 is 0 Å². The second-order valence-electron chi connectivity index (χ2n) is 7.75. The number of likely N-dealkylation sites (tertiary alicyclic amines) is 1. The maximum atomic E-state index is 13.1. The predicted molar refractivity (Wildman–Crippen MR) is 108 cm³/mol. The zero-order chi connectivity index (χ0) is 20.5. The Morgan fingerprint density at radius 2 is 1.90 bits per heavy atom. The van der Waals surface area contributed by atoms with Crippen molar-refractivity contribution in [2.75, 3.05) is 32.0 Å². The first-order valence-electron chi connectivity index (χ1n) is 10.1. The molecule has 29 heavy (non-hydrogen) atoms. The minimum Gasteiger partial charge on any atom is -0.357 e. The molecule has 0 aromatic carbocycles. The summed E-state index contributed by atoms with van der Waals surface area (Å²) >= 11 is 0. The normalized spacial score (nSPS) is 17.2. The van der Waals surface area contributed by atoms with Crippen LogP contribution < -0.4 is 5.32 Å². The molecular formula is C20H27N7O2. The molecule has 1 N–H and O–H groups in total. The van der Waals surface area contributed by atoms with Crippen molar-refractivity contribution in [2.45, 2.75) is 45.7 Å². The fourth-order valence-corrected chi connectivity index (χ4v) is 3.98. The number of hydrogen-bond acceptors (Lipinski definition) is 6. The number of aryl methyl sites for hydroxylation is 1. The first-order chi connectivity index (χ1) is 14.0. The molecule has 1 fully saturated rings. The highest BCUT2D eigenvalue weighted by Gasteiger charge is 2.32. The third kappa shape index (κ3) is 3.68. The molecule has 2 amide bonds. The lowest BCUT2D eigenvalue weighted by Gasteiger charge is -2.31. The van der Waals surface area contributed by atoms with Crippen molar-refractivity contribution in [3.05, 3.63) is 34.9 Å². The van der Waals surface area contributed by atoms with E-state index in [-0.39, 0.29) is 11.8 Å². The van der Waals surface area contributed by atoms with Crippen molar-refractivity contribution in [1.82, 2.24) is 29.5 Å². The average molecular weight is 397 g/mol. The fraction of sp³-hybridized carbons (Fsp3) is 0.550. The lowest BCUT2D eigenvalue weighted by atomic mass is 10.0. The van der Waals surface area contributed by atoms with Crippen LogP contribution in [-0.2, 0) is 17.8 Å². The van der Waals surface area contributed by atoms with E-state index >= 15 is 0 Å². The minimum absolute atomic E-state index is 0.0176. The van der Waals surface area contributed by atoms with Crippen LogP contribution in [0, 0.1) is 6.92 Å². The van der Waals surface area contributed by atoms with E-state index in [0.717, 1.165) is 42.8 Å². The molecular weight excluding hydrogens is 370 g/mol. The Kier molecular flexibility index (Phi) is 5.21. The van der Waals surface area contributed by atoms with Crippen molar-refractivity contribution >= 4 is 17.8 Å². The molecule has 154 valence electrons. The zero-order valence-corrected chi connectivity index (χ0v) is 17.2. The predicted octanol–water partition coefficient (Wildman–Crippen LogP) is 1.41. The molecule has 2 aromatic heterocycles. The van der Waals surface area contributed by atoms with Gasteiger partial charge < -0.3 is 15.1 Å². The van der Waals surface area contributed by atoms with Crippen molar-refractivity contribution in [3.8, 4) is 0 Å². The van der Waals surface area contributed by atoms with Crippen LogP contribution in [0.1, 0.15) is 53.1 Å². The summed E-state index contributed by atoms with van der Waals surface area (Å²) in [5, 5.41) is 7.23. The number of carbonyl (C=O) groups excluding carboxylic acids is 2. The van der Waals surface area contributed by atoms with Crippen molar-refractivity contribution < 1.29 is 9.59 Å². The number of aromatic nitrogens is 4. The second-order valence-corrected chi connectivity index (χ2v) is 7.75. The van der Waals surface area contributed by atoms with E-state index < -0.39 is 6.04 Å². The number of hydrogen-bond donors (Lipinski definition) is 1. The molecule has 2 aromatic rings. The average Bonchev–Trinajstić information content (AvgIpc) is 3.43. The summed E-state index contributed by atoms with van der Waals surface area (Å²) in [5.41, 5.74) is 3.05. The van der Waals surface area contributed by atoms with Crippen molar-refractivity contribution in [3.63, 3.8) is 0 Å². The van der Waals surface area contributed by atoms with Crippen LogP contribution in [0.15, 0.2) is 12.4 Å². The van der Waals surface area contributed by atoms with E-state index in [4.69, 9.17) is 0 Å². The van der Waals surface area contributed by atoms with Gasteiger partial charge in [-0.05, 0) is 32.3 Å². The van der Waals surface area contributed by atoms with Gasteiger partial charge in [-0.25, -0.2) is 9.97 Å². The largest absolute Gasteiger partial charge is 0.357 e. The van der Waals surface area contributed by atoms with Crippen LogP contribution in [0.5, 0.6) is 0 Å².